The summed E-state index contributed by atoms with van der Waals surface area (Å²) >= 11 is 0. The Bertz CT molecular complexity index is 897. The summed E-state index contributed by atoms with van der Waals surface area (Å²) in [5.41, 5.74) is 7.64. The van der Waals surface area contributed by atoms with Gasteiger partial charge < -0.3 is 10.8 Å². The number of alkyl halides is 1. The first-order valence-corrected chi connectivity index (χ1v) is 7.67. The van der Waals surface area contributed by atoms with E-state index in [1.807, 2.05) is 54.6 Å². The maximum atomic E-state index is 13.0. The number of halogens is 1. The molecule has 0 spiro atoms. The Morgan fingerprint density at radius 3 is 2.24 bits per heavy atom. The molecular formula is C19H16FN3O2. The summed E-state index contributed by atoms with van der Waals surface area (Å²) in [6, 6.07) is 17.7. The highest BCUT2D eigenvalue weighted by Crippen LogP contribution is 2.23. The van der Waals surface area contributed by atoms with Crippen LogP contribution in [0.2, 0.25) is 0 Å². The lowest BCUT2D eigenvalue weighted by Gasteiger charge is -2.08. The molecule has 0 aliphatic rings. The molecule has 126 valence electrons. The van der Waals surface area contributed by atoms with Crippen molar-refractivity contribution in [2.24, 2.45) is 5.73 Å². The van der Waals surface area contributed by atoms with Crippen LogP contribution < -0.4 is 5.73 Å². The maximum Gasteiger partial charge on any atom is 0.271 e. The second-order valence-electron chi connectivity index (χ2n) is 5.52. The van der Waals surface area contributed by atoms with E-state index in [4.69, 9.17) is 5.73 Å². The van der Waals surface area contributed by atoms with Crippen LogP contribution in [0.5, 0.6) is 5.75 Å². The summed E-state index contributed by atoms with van der Waals surface area (Å²) in [4.78, 5) is 19.3. The van der Waals surface area contributed by atoms with Gasteiger partial charge in [0.2, 0.25) is 0 Å². The standard InChI is InChI=1S/C19H16FN3O2/c20-11-15-18(24)17(19(21)25)23-16(22-15)10-12-6-8-14(9-7-12)13-4-2-1-3-5-13/h1-9,24H,10-11H2,(H2,21,25). The molecule has 2 aromatic carbocycles. The predicted molar refractivity (Wildman–Crippen MR) is 91.7 cm³/mol. The zero-order valence-electron chi connectivity index (χ0n) is 13.3. The minimum absolute atomic E-state index is 0.228. The Hall–Kier alpha value is -3.28. The van der Waals surface area contributed by atoms with Crippen LogP contribution in [0.15, 0.2) is 54.6 Å². The Morgan fingerprint density at radius 1 is 1.00 bits per heavy atom. The molecule has 6 heteroatoms. The molecule has 25 heavy (non-hydrogen) atoms. The van der Waals surface area contributed by atoms with Crippen molar-refractivity contribution in [1.29, 1.82) is 0 Å². The summed E-state index contributed by atoms with van der Waals surface area (Å²) in [5, 5.41) is 9.75. The summed E-state index contributed by atoms with van der Waals surface area (Å²) in [6.45, 7) is -1.01. The summed E-state index contributed by atoms with van der Waals surface area (Å²) < 4.78 is 13.0. The number of benzene rings is 2. The van der Waals surface area contributed by atoms with E-state index in [-0.39, 0.29) is 17.2 Å². The minimum atomic E-state index is -1.01. The zero-order valence-corrected chi connectivity index (χ0v) is 13.3. The van der Waals surface area contributed by atoms with E-state index in [0.29, 0.717) is 6.42 Å². The molecule has 0 aliphatic carbocycles. The number of carbonyl (C=O) groups excluding carboxylic acids is 1. The second-order valence-corrected chi connectivity index (χ2v) is 5.52. The summed E-state index contributed by atoms with van der Waals surface area (Å²) in [7, 11) is 0. The molecule has 5 nitrogen and oxygen atoms in total. The van der Waals surface area contributed by atoms with Crippen LogP contribution in [-0.4, -0.2) is 21.0 Å². The van der Waals surface area contributed by atoms with E-state index in [2.05, 4.69) is 9.97 Å². The molecule has 0 bridgehead atoms. The van der Waals surface area contributed by atoms with Crippen molar-refractivity contribution < 1.29 is 14.3 Å². The fourth-order valence-corrected chi connectivity index (χ4v) is 2.52. The third-order valence-corrected chi connectivity index (χ3v) is 3.79. The molecule has 0 aliphatic heterocycles. The van der Waals surface area contributed by atoms with Crippen LogP contribution in [0.3, 0.4) is 0 Å². The molecule has 1 heterocycles. The molecule has 0 atom stereocenters. The Morgan fingerprint density at radius 2 is 1.64 bits per heavy atom. The first-order valence-electron chi connectivity index (χ1n) is 7.67. The van der Waals surface area contributed by atoms with Gasteiger partial charge >= 0.3 is 0 Å². The van der Waals surface area contributed by atoms with Crippen LogP contribution in [0.1, 0.15) is 27.6 Å². The van der Waals surface area contributed by atoms with Gasteiger partial charge in [0, 0.05) is 6.42 Å². The third-order valence-electron chi connectivity index (χ3n) is 3.79. The summed E-state index contributed by atoms with van der Waals surface area (Å²) in [6.07, 6.45) is 0.294. The van der Waals surface area contributed by atoms with Gasteiger partial charge in [-0.25, -0.2) is 14.4 Å². The Kier molecular flexibility index (Phi) is 4.70. The molecule has 1 aromatic heterocycles. The van der Waals surface area contributed by atoms with Crippen LogP contribution in [-0.2, 0) is 13.1 Å². The van der Waals surface area contributed by atoms with E-state index in [1.165, 1.54) is 0 Å². The largest absolute Gasteiger partial charge is 0.504 e. The van der Waals surface area contributed by atoms with Gasteiger partial charge in [-0.2, -0.15) is 0 Å². The highest BCUT2D eigenvalue weighted by Gasteiger charge is 2.17. The molecule has 0 saturated carbocycles. The van der Waals surface area contributed by atoms with Gasteiger partial charge in [0.25, 0.3) is 5.91 Å². The number of rotatable bonds is 5. The number of nitrogens with two attached hydrogens (primary N) is 1. The maximum absolute atomic E-state index is 13.0. The zero-order chi connectivity index (χ0) is 17.8. The van der Waals surface area contributed by atoms with Crippen LogP contribution in [0.4, 0.5) is 4.39 Å². The lowest BCUT2D eigenvalue weighted by atomic mass is 10.0. The van der Waals surface area contributed by atoms with Gasteiger partial charge in [-0.3, -0.25) is 4.79 Å². The topological polar surface area (TPSA) is 89.1 Å². The average Bonchev–Trinajstić information content (AvgIpc) is 2.64. The molecule has 3 N–H and O–H groups in total. The van der Waals surface area contributed by atoms with Crippen LogP contribution in [0, 0.1) is 0 Å². The number of hydrogen-bond acceptors (Lipinski definition) is 4. The third kappa shape index (κ3) is 3.63. The lowest BCUT2D eigenvalue weighted by Crippen LogP contribution is -2.16. The predicted octanol–water partition coefficient (Wildman–Crippen LogP) is 3.01. The lowest BCUT2D eigenvalue weighted by molar-refractivity contribution is 0.0992. The second kappa shape index (κ2) is 7.09. The molecule has 1 amide bonds. The van der Waals surface area contributed by atoms with Crippen molar-refractivity contribution in [2.75, 3.05) is 0 Å². The normalized spacial score (nSPS) is 10.6. The number of amides is 1. The number of nitrogens with zero attached hydrogens (tertiary/aromatic N) is 2. The van der Waals surface area contributed by atoms with Crippen molar-refractivity contribution in [1.82, 2.24) is 9.97 Å². The number of aromatic hydroxyl groups is 1. The molecule has 0 radical (unpaired) electrons. The highest BCUT2D eigenvalue weighted by molar-refractivity contribution is 5.93. The number of aromatic nitrogens is 2. The number of carbonyl (C=O) groups is 1. The van der Waals surface area contributed by atoms with Crippen molar-refractivity contribution in [3.8, 4) is 16.9 Å². The van der Waals surface area contributed by atoms with Gasteiger partial charge in [-0.1, -0.05) is 54.6 Å². The van der Waals surface area contributed by atoms with Gasteiger partial charge in [-0.15, -0.1) is 0 Å². The van der Waals surface area contributed by atoms with Crippen LogP contribution in [0.25, 0.3) is 11.1 Å². The van der Waals surface area contributed by atoms with Crippen molar-refractivity contribution in [2.45, 2.75) is 13.1 Å². The fraction of sp³-hybridized carbons (Fsp3) is 0.105. The van der Waals surface area contributed by atoms with Gasteiger partial charge in [0.1, 0.15) is 18.2 Å². The van der Waals surface area contributed by atoms with E-state index in [0.717, 1.165) is 16.7 Å². The molecule has 3 aromatic rings. The summed E-state index contributed by atoms with van der Waals surface area (Å²) in [5.74, 6) is -1.29. The van der Waals surface area contributed by atoms with Crippen molar-refractivity contribution in [3.63, 3.8) is 0 Å². The van der Waals surface area contributed by atoms with Gasteiger partial charge in [0.05, 0.1) is 0 Å². The average molecular weight is 337 g/mol. The van der Waals surface area contributed by atoms with E-state index in [9.17, 15) is 14.3 Å². The number of hydrogen-bond donors (Lipinski definition) is 2. The SMILES string of the molecule is NC(=O)c1nc(Cc2ccc(-c3ccccc3)cc2)nc(CF)c1O. The molecule has 0 unspecified atom stereocenters. The smallest absolute Gasteiger partial charge is 0.271 e. The molecule has 0 fully saturated rings. The van der Waals surface area contributed by atoms with Crippen molar-refractivity contribution >= 4 is 5.91 Å². The van der Waals surface area contributed by atoms with Crippen molar-refractivity contribution in [3.05, 3.63) is 77.4 Å². The molecular weight excluding hydrogens is 321 g/mol. The van der Waals surface area contributed by atoms with E-state index in [1.54, 1.807) is 0 Å². The monoisotopic (exact) mass is 337 g/mol. The fourth-order valence-electron chi connectivity index (χ4n) is 2.52. The van der Waals surface area contributed by atoms with Crippen LogP contribution >= 0.6 is 0 Å². The Labute approximate surface area is 144 Å². The molecule has 0 saturated heterocycles. The molecule has 3 rings (SSSR count). The minimum Gasteiger partial charge on any atom is -0.504 e. The van der Waals surface area contributed by atoms with E-state index >= 15 is 0 Å². The first-order chi connectivity index (χ1) is 12.1. The quantitative estimate of drug-likeness (QED) is 0.749. The highest BCUT2D eigenvalue weighted by atomic mass is 19.1. The van der Waals surface area contributed by atoms with Gasteiger partial charge in [-0.05, 0) is 16.7 Å². The van der Waals surface area contributed by atoms with E-state index < -0.39 is 18.3 Å². The first kappa shape index (κ1) is 16.6. The number of primary amides is 1. The van der Waals surface area contributed by atoms with Gasteiger partial charge in [0.15, 0.2) is 11.4 Å². The Balaban J connectivity index is 1.87.